The largest absolute Gasteiger partial charge is 0.387 e. The highest BCUT2D eigenvalue weighted by atomic mass is 16.6. The first kappa shape index (κ1) is 20.2. The number of amides is 1. The lowest BCUT2D eigenvalue weighted by Gasteiger charge is -2.17. The second kappa shape index (κ2) is 7.63. The summed E-state index contributed by atoms with van der Waals surface area (Å²) in [5, 5.41) is 30.7. The minimum absolute atomic E-state index is 0.382. The Hall–Kier alpha value is -3.09. The van der Waals surface area contributed by atoms with Crippen LogP contribution in [0.3, 0.4) is 0 Å². The van der Waals surface area contributed by atoms with E-state index in [0.29, 0.717) is 29.4 Å². The smallest absolute Gasteiger partial charge is 0.252 e. The van der Waals surface area contributed by atoms with Crippen molar-refractivity contribution in [2.45, 2.75) is 38.4 Å². The monoisotopic (exact) mass is 416 g/mol. The zero-order chi connectivity index (χ0) is 21.6. The number of aliphatic hydroxyl groups excluding tert-OH is 2. The number of nitrogens with zero attached hydrogens (tertiary/aromatic N) is 6. The van der Waals surface area contributed by atoms with E-state index < -0.39 is 30.4 Å². The molecule has 0 saturated carbocycles. The number of carbonyl (C=O) groups is 1. The van der Waals surface area contributed by atoms with Crippen molar-refractivity contribution < 1.29 is 19.7 Å². The summed E-state index contributed by atoms with van der Waals surface area (Å²) >= 11 is 0. The molecule has 1 amide bonds. The average Bonchev–Trinajstić information content (AvgIpc) is 3.39. The van der Waals surface area contributed by atoms with Crippen LogP contribution in [0.2, 0.25) is 0 Å². The highest BCUT2D eigenvalue weighted by Gasteiger charge is 2.47. The molecular weight excluding hydrogens is 392 g/mol. The van der Waals surface area contributed by atoms with Crippen LogP contribution >= 0.6 is 0 Å². The lowest BCUT2D eigenvalue weighted by molar-refractivity contribution is -0.137. The third kappa shape index (κ3) is 3.09. The van der Waals surface area contributed by atoms with Gasteiger partial charge in [0.25, 0.3) is 5.91 Å². The van der Waals surface area contributed by atoms with Crippen LogP contribution in [-0.4, -0.2) is 77.3 Å². The first-order valence-electron chi connectivity index (χ1n) is 9.58. The van der Waals surface area contributed by atoms with Crippen LogP contribution in [0.1, 0.15) is 18.8 Å². The van der Waals surface area contributed by atoms with E-state index in [1.807, 2.05) is 14.0 Å². The summed E-state index contributed by atoms with van der Waals surface area (Å²) in [7, 11) is 3.54. The van der Waals surface area contributed by atoms with Gasteiger partial charge in [-0.2, -0.15) is 5.10 Å². The summed E-state index contributed by atoms with van der Waals surface area (Å²) in [6, 6.07) is 0. The lowest BCUT2D eigenvalue weighted by atomic mass is 10.1. The van der Waals surface area contributed by atoms with Crippen molar-refractivity contribution >= 4 is 22.9 Å². The molecule has 0 aliphatic carbocycles. The fraction of sp³-hybridized carbons (Fsp3) is 0.500. The molecule has 12 nitrogen and oxygen atoms in total. The van der Waals surface area contributed by atoms with Crippen molar-refractivity contribution in [2.75, 3.05) is 18.9 Å². The van der Waals surface area contributed by atoms with E-state index in [4.69, 9.17) is 4.74 Å². The van der Waals surface area contributed by atoms with Gasteiger partial charge in [0.2, 0.25) is 0 Å². The number of hydrogen-bond acceptors (Lipinski definition) is 9. The molecule has 0 aromatic carbocycles. The molecule has 1 aliphatic heterocycles. The molecule has 30 heavy (non-hydrogen) atoms. The van der Waals surface area contributed by atoms with Crippen LogP contribution in [0.4, 0.5) is 5.82 Å². The van der Waals surface area contributed by atoms with Gasteiger partial charge >= 0.3 is 0 Å². The first-order chi connectivity index (χ1) is 14.4. The quantitative estimate of drug-likeness (QED) is 0.424. The van der Waals surface area contributed by atoms with Crippen LogP contribution in [0, 0.1) is 6.92 Å². The van der Waals surface area contributed by atoms with Gasteiger partial charge in [-0.05, 0) is 13.8 Å². The summed E-state index contributed by atoms with van der Waals surface area (Å²) in [4.78, 5) is 25.7. The maximum absolute atomic E-state index is 12.2. The molecule has 0 spiro atoms. The average molecular weight is 416 g/mol. The fourth-order valence-corrected chi connectivity index (χ4v) is 3.50. The van der Waals surface area contributed by atoms with Crippen molar-refractivity contribution in [1.82, 2.24) is 34.6 Å². The Labute approximate surface area is 171 Å². The predicted molar refractivity (Wildman–Crippen MR) is 106 cm³/mol. The Morgan fingerprint density at radius 1 is 1.30 bits per heavy atom. The van der Waals surface area contributed by atoms with Gasteiger partial charge in [0, 0.05) is 26.3 Å². The molecule has 4 heterocycles. The van der Waals surface area contributed by atoms with Gasteiger partial charge in [-0.15, -0.1) is 0 Å². The molecule has 4 N–H and O–H groups in total. The van der Waals surface area contributed by atoms with E-state index in [2.05, 4.69) is 30.7 Å². The Bertz CT molecular complexity index is 1090. The number of carbonyl (C=O) groups excluding carboxylic acids is 1. The van der Waals surface area contributed by atoms with Gasteiger partial charge < -0.3 is 25.6 Å². The minimum atomic E-state index is -1.38. The molecule has 0 unspecified atom stereocenters. The number of hydrogen-bond donors (Lipinski definition) is 4. The zero-order valence-electron chi connectivity index (χ0n) is 17.1. The molecule has 4 atom stereocenters. The van der Waals surface area contributed by atoms with E-state index in [-0.39, 0.29) is 0 Å². The molecule has 1 aliphatic rings. The highest BCUT2D eigenvalue weighted by Crippen LogP contribution is 2.33. The van der Waals surface area contributed by atoms with Crippen LogP contribution in [0.25, 0.3) is 22.6 Å². The number of aryl methyl sites for hydroxylation is 1. The van der Waals surface area contributed by atoms with E-state index in [9.17, 15) is 15.0 Å². The SMILES string of the molecule is CCNC(=O)[C@H]1O[C@@H](n2cnc3c(NC)nc(-c4cnn(C)c4C)nc32)[C@H](O)[C@@H]1O. The number of nitrogens with one attached hydrogen (secondary N) is 2. The van der Waals surface area contributed by atoms with E-state index in [1.54, 1.807) is 24.9 Å². The van der Waals surface area contributed by atoms with Crippen molar-refractivity contribution in [1.29, 1.82) is 0 Å². The predicted octanol–water partition coefficient (Wildman–Crippen LogP) is -0.668. The van der Waals surface area contributed by atoms with Crippen LogP contribution < -0.4 is 10.6 Å². The fourth-order valence-electron chi connectivity index (χ4n) is 3.50. The lowest BCUT2D eigenvalue weighted by Crippen LogP contribution is -2.42. The van der Waals surface area contributed by atoms with Gasteiger partial charge in [-0.3, -0.25) is 14.0 Å². The van der Waals surface area contributed by atoms with Gasteiger partial charge in [-0.1, -0.05) is 0 Å². The topological polar surface area (TPSA) is 152 Å². The number of anilines is 1. The third-order valence-corrected chi connectivity index (χ3v) is 5.26. The second-order valence-electron chi connectivity index (χ2n) is 7.06. The van der Waals surface area contributed by atoms with Crippen molar-refractivity contribution in [3.05, 3.63) is 18.2 Å². The van der Waals surface area contributed by atoms with Crippen molar-refractivity contribution in [3.63, 3.8) is 0 Å². The summed E-state index contributed by atoms with van der Waals surface area (Å²) in [5.74, 6) is 0.422. The number of imidazole rings is 1. The zero-order valence-corrected chi connectivity index (χ0v) is 17.1. The maximum atomic E-state index is 12.2. The summed E-state index contributed by atoms with van der Waals surface area (Å²) < 4.78 is 8.93. The molecule has 0 bridgehead atoms. The molecule has 3 aromatic heterocycles. The molecule has 4 rings (SSSR count). The molecule has 1 fully saturated rings. The Morgan fingerprint density at radius 3 is 2.70 bits per heavy atom. The standard InChI is InChI=1S/C18H24N8O4/c1-5-20-17(29)13-11(27)12(28)18(30-13)26-7-21-10-15(19-3)23-14(24-16(10)26)9-6-22-25(4)8(9)2/h6-7,11-13,18,27-28H,5H2,1-4H3,(H,20,29)(H,19,23,24)/t11-,12+,13-,18+/m0/s1. The van der Waals surface area contributed by atoms with Gasteiger partial charge in [0.1, 0.15) is 12.2 Å². The second-order valence-corrected chi connectivity index (χ2v) is 7.06. The molecule has 1 saturated heterocycles. The molecule has 3 aromatic rings. The highest BCUT2D eigenvalue weighted by molar-refractivity contribution is 5.85. The van der Waals surface area contributed by atoms with Crippen LogP contribution in [0.5, 0.6) is 0 Å². The number of aliphatic hydroxyl groups is 2. The van der Waals surface area contributed by atoms with Crippen LogP contribution in [-0.2, 0) is 16.6 Å². The molecule has 160 valence electrons. The van der Waals surface area contributed by atoms with Gasteiger partial charge in [-0.25, -0.2) is 15.0 Å². The van der Waals surface area contributed by atoms with Gasteiger partial charge in [0.05, 0.1) is 18.1 Å². The first-order valence-corrected chi connectivity index (χ1v) is 9.58. The molecule has 0 radical (unpaired) electrons. The van der Waals surface area contributed by atoms with E-state index >= 15 is 0 Å². The molecular formula is C18H24N8O4. The molecule has 12 heteroatoms. The number of ether oxygens (including phenoxy) is 1. The number of likely N-dealkylation sites (N-methyl/N-ethyl adjacent to an activating group) is 1. The summed E-state index contributed by atoms with van der Waals surface area (Å²) in [6.45, 7) is 4.05. The summed E-state index contributed by atoms with van der Waals surface area (Å²) in [5.41, 5.74) is 2.48. The van der Waals surface area contributed by atoms with Crippen LogP contribution in [0.15, 0.2) is 12.5 Å². The van der Waals surface area contributed by atoms with E-state index in [1.165, 1.54) is 10.9 Å². The van der Waals surface area contributed by atoms with Crippen molar-refractivity contribution in [2.24, 2.45) is 7.05 Å². The normalized spacial score (nSPS) is 23.8. The van der Waals surface area contributed by atoms with Gasteiger partial charge in [0.15, 0.2) is 35.1 Å². The Morgan fingerprint density at radius 2 is 2.07 bits per heavy atom. The van der Waals surface area contributed by atoms with Crippen molar-refractivity contribution in [3.8, 4) is 11.4 Å². The number of fused-ring (bicyclic) bond motifs is 1. The third-order valence-electron chi connectivity index (χ3n) is 5.26. The van der Waals surface area contributed by atoms with E-state index in [0.717, 1.165) is 11.3 Å². The summed E-state index contributed by atoms with van der Waals surface area (Å²) in [6.07, 6.45) is -1.85. The minimum Gasteiger partial charge on any atom is -0.387 e. The Balaban J connectivity index is 1.79. The maximum Gasteiger partial charge on any atom is 0.252 e. The Kier molecular flexibility index (Phi) is 5.13. The number of aromatic nitrogens is 6. The number of rotatable bonds is 5.